The number of amides is 1. The van der Waals surface area contributed by atoms with Gasteiger partial charge in [-0.05, 0) is 87.1 Å². The van der Waals surface area contributed by atoms with Gasteiger partial charge in [-0.3, -0.25) is 4.98 Å². The number of likely N-dealkylation sites (tertiary alicyclic amines) is 1. The van der Waals surface area contributed by atoms with Crippen molar-refractivity contribution in [2.45, 2.75) is 76.1 Å². The predicted molar refractivity (Wildman–Crippen MR) is 156 cm³/mol. The minimum atomic E-state index is -3.32. The molecule has 0 N–H and O–H groups in total. The van der Waals surface area contributed by atoms with E-state index < -0.39 is 15.4 Å². The molecule has 8 heteroatoms. The average molecular weight is 563 g/mol. The van der Waals surface area contributed by atoms with Crippen LogP contribution in [0.4, 0.5) is 4.79 Å². The highest BCUT2D eigenvalue weighted by Gasteiger charge is 2.41. The Morgan fingerprint density at radius 3 is 2.45 bits per heavy atom. The molecular formula is C32H38N2O5S. The van der Waals surface area contributed by atoms with Gasteiger partial charge in [0.25, 0.3) is 0 Å². The van der Waals surface area contributed by atoms with Crippen LogP contribution in [0.25, 0.3) is 11.3 Å². The molecule has 5 rings (SSSR count). The number of benzene rings is 2. The number of pyridine rings is 1. The maximum absolute atomic E-state index is 12.8. The van der Waals surface area contributed by atoms with Gasteiger partial charge in [0.1, 0.15) is 17.0 Å². The molecule has 2 aliphatic heterocycles. The van der Waals surface area contributed by atoms with Gasteiger partial charge in [-0.2, -0.15) is 0 Å². The summed E-state index contributed by atoms with van der Waals surface area (Å²) in [5.74, 6) is 0.868. The summed E-state index contributed by atoms with van der Waals surface area (Å²) in [4.78, 5) is 18.8. The number of sulfone groups is 1. The van der Waals surface area contributed by atoms with E-state index in [2.05, 4.69) is 11.1 Å². The maximum atomic E-state index is 12.8. The van der Waals surface area contributed by atoms with E-state index in [4.69, 9.17) is 9.47 Å². The third-order valence-corrected chi connectivity index (χ3v) is 9.23. The first-order valence-electron chi connectivity index (χ1n) is 13.9. The molecule has 1 spiro atoms. The fourth-order valence-electron chi connectivity index (χ4n) is 5.45. The van der Waals surface area contributed by atoms with Crippen molar-refractivity contribution in [2.75, 3.05) is 13.1 Å². The number of rotatable bonds is 5. The fraction of sp³-hybridized carbons (Fsp3) is 0.438. The summed E-state index contributed by atoms with van der Waals surface area (Å²) in [6, 6.07) is 17.4. The Bertz CT molecular complexity index is 1480. The zero-order valence-corrected chi connectivity index (χ0v) is 24.6. The largest absolute Gasteiger partial charge is 0.487 e. The third kappa shape index (κ3) is 6.66. The summed E-state index contributed by atoms with van der Waals surface area (Å²) in [6.07, 6.45) is 4.76. The number of carbonyl (C=O) groups excluding carboxylic acids is 1. The van der Waals surface area contributed by atoms with Crippen LogP contribution in [0.5, 0.6) is 5.75 Å². The first-order valence-corrected chi connectivity index (χ1v) is 15.7. The van der Waals surface area contributed by atoms with Gasteiger partial charge in [0, 0.05) is 37.7 Å². The molecule has 1 amide bonds. The Kier molecular flexibility index (Phi) is 7.66. The molecule has 2 aromatic carbocycles. The molecule has 1 fully saturated rings. The van der Waals surface area contributed by atoms with Crippen molar-refractivity contribution in [3.8, 4) is 17.0 Å². The van der Waals surface area contributed by atoms with E-state index in [1.165, 1.54) is 0 Å². The minimum Gasteiger partial charge on any atom is -0.487 e. The predicted octanol–water partition coefficient (Wildman–Crippen LogP) is 6.27. The van der Waals surface area contributed by atoms with Gasteiger partial charge in [0.15, 0.2) is 9.84 Å². The number of hydrogen-bond acceptors (Lipinski definition) is 6. The summed E-state index contributed by atoms with van der Waals surface area (Å²) < 4.78 is 37.7. The number of nitrogens with zero attached hydrogens (tertiary/aromatic N) is 2. The van der Waals surface area contributed by atoms with Crippen molar-refractivity contribution in [1.29, 1.82) is 0 Å². The molecule has 0 atom stereocenters. The smallest absolute Gasteiger partial charge is 0.410 e. The van der Waals surface area contributed by atoms with E-state index in [1.807, 2.05) is 76.2 Å². The monoisotopic (exact) mass is 562 g/mol. The SMILES string of the molecule is Cc1ccccc1CS(=O)(=O)Cc1ccc(-c2ccc3c(c2)CCC2(CCN(C(=O)OC(C)(C)C)CC2)O3)nc1. The number of piperidine rings is 1. The van der Waals surface area contributed by atoms with E-state index >= 15 is 0 Å². The molecular weight excluding hydrogens is 524 g/mol. The molecule has 3 aromatic rings. The number of fused-ring (bicyclic) bond motifs is 1. The molecule has 0 radical (unpaired) electrons. The van der Waals surface area contributed by atoms with Crippen molar-refractivity contribution in [3.05, 3.63) is 83.0 Å². The van der Waals surface area contributed by atoms with Crippen LogP contribution in [-0.2, 0) is 32.5 Å². The van der Waals surface area contributed by atoms with E-state index in [1.54, 1.807) is 11.1 Å². The molecule has 0 unspecified atom stereocenters. The van der Waals surface area contributed by atoms with E-state index in [0.717, 1.165) is 59.4 Å². The molecule has 7 nitrogen and oxygen atoms in total. The highest BCUT2D eigenvalue weighted by Crippen LogP contribution is 2.41. The van der Waals surface area contributed by atoms with Gasteiger partial charge in [-0.1, -0.05) is 30.3 Å². The second kappa shape index (κ2) is 10.9. The Labute approximate surface area is 237 Å². The van der Waals surface area contributed by atoms with Crippen LogP contribution in [-0.4, -0.2) is 48.7 Å². The summed E-state index contributed by atoms with van der Waals surface area (Å²) in [5.41, 5.74) is 4.66. The van der Waals surface area contributed by atoms with Crippen molar-refractivity contribution < 1.29 is 22.7 Å². The van der Waals surface area contributed by atoms with E-state index in [0.29, 0.717) is 18.7 Å². The van der Waals surface area contributed by atoms with Gasteiger partial charge in [0.2, 0.25) is 0 Å². The summed E-state index contributed by atoms with van der Waals surface area (Å²) in [6.45, 7) is 8.83. The lowest BCUT2D eigenvalue weighted by Gasteiger charge is -2.44. The van der Waals surface area contributed by atoms with Gasteiger partial charge in [-0.25, -0.2) is 13.2 Å². The van der Waals surface area contributed by atoms with Crippen molar-refractivity contribution in [1.82, 2.24) is 9.88 Å². The first-order chi connectivity index (χ1) is 18.9. The van der Waals surface area contributed by atoms with Gasteiger partial charge < -0.3 is 14.4 Å². The van der Waals surface area contributed by atoms with Crippen molar-refractivity contribution >= 4 is 15.9 Å². The summed E-state index contributed by atoms with van der Waals surface area (Å²) >= 11 is 0. The molecule has 40 heavy (non-hydrogen) atoms. The van der Waals surface area contributed by atoms with Crippen LogP contribution in [0, 0.1) is 6.92 Å². The Balaban J connectivity index is 1.21. The number of ether oxygens (including phenoxy) is 2. The molecule has 212 valence electrons. The summed E-state index contributed by atoms with van der Waals surface area (Å²) in [7, 11) is -3.32. The zero-order chi connectivity index (χ0) is 28.5. The van der Waals surface area contributed by atoms with Crippen LogP contribution in [0.1, 0.15) is 62.3 Å². The Morgan fingerprint density at radius 1 is 1.02 bits per heavy atom. The normalized spacial score (nSPS) is 16.8. The first kappa shape index (κ1) is 28.1. The number of carbonyl (C=O) groups is 1. The van der Waals surface area contributed by atoms with Crippen LogP contribution in [0.3, 0.4) is 0 Å². The molecule has 0 saturated carbocycles. The second-order valence-corrected chi connectivity index (χ2v) is 14.1. The highest BCUT2D eigenvalue weighted by atomic mass is 32.2. The third-order valence-electron chi connectivity index (χ3n) is 7.71. The number of hydrogen-bond donors (Lipinski definition) is 0. The van der Waals surface area contributed by atoms with Crippen LogP contribution in [0.15, 0.2) is 60.8 Å². The maximum Gasteiger partial charge on any atom is 0.410 e. The molecule has 1 saturated heterocycles. The van der Waals surface area contributed by atoms with E-state index in [-0.39, 0.29) is 23.2 Å². The lowest BCUT2D eigenvalue weighted by molar-refractivity contribution is -0.0272. The van der Waals surface area contributed by atoms with Gasteiger partial charge in [0.05, 0.1) is 17.2 Å². The van der Waals surface area contributed by atoms with Crippen molar-refractivity contribution in [2.24, 2.45) is 0 Å². The molecule has 2 aliphatic rings. The molecule has 3 heterocycles. The lowest BCUT2D eigenvalue weighted by atomic mass is 9.83. The van der Waals surface area contributed by atoms with E-state index in [9.17, 15) is 13.2 Å². The van der Waals surface area contributed by atoms with Crippen LogP contribution < -0.4 is 4.74 Å². The molecule has 0 aliphatic carbocycles. The quantitative estimate of drug-likeness (QED) is 0.365. The molecule has 1 aromatic heterocycles. The number of aryl methyl sites for hydroxylation is 2. The Morgan fingerprint density at radius 2 is 1.77 bits per heavy atom. The summed E-state index contributed by atoms with van der Waals surface area (Å²) in [5, 5.41) is 0. The Hall–Kier alpha value is -3.39. The van der Waals surface area contributed by atoms with Gasteiger partial charge in [-0.15, -0.1) is 0 Å². The lowest BCUT2D eigenvalue weighted by Crippen LogP contribution is -2.52. The topological polar surface area (TPSA) is 85.8 Å². The fourth-order valence-corrected chi connectivity index (χ4v) is 7.03. The second-order valence-electron chi connectivity index (χ2n) is 12.1. The standard InChI is InChI=1S/C32H38N2O5S/c1-23-7-5-6-8-27(23)22-40(36,37)21-24-9-11-28(33-20-24)25-10-12-29-26(19-25)13-14-32(38-29)15-17-34(18-16-32)30(35)39-31(2,3)4/h5-12,19-20H,13-18,21-22H2,1-4H3. The minimum absolute atomic E-state index is 0.0206. The molecule has 0 bridgehead atoms. The number of aromatic nitrogens is 1. The van der Waals surface area contributed by atoms with Gasteiger partial charge >= 0.3 is 6.09 Å². The van der Waals surface area contributed by atoms with Crippen LogP contribution in [0.2, 0.25) is 0 Å². The highest BCUT2D eigenvalue weighted by molar-refractivity contribution is 7.89. The average Bonchev–Trinajstić information content (AvgIpc) is 2.89. The zero-order valence-electron chi connectivity index (χ0n) is 23.8. The van der Waals surface area contributed by atoms with Crippen molar-refractivity contribution in [3.63, 3.8) is 0 Å². The van der Waals surface area contributed by atoms with Crippen LogP contribution >= 0.6 is 0 Å².